The first-order valence-corrected chi connectivity index (χ1v) is 6.94. The molecule has 0 spiro atoms. The van der Waals surface area contributed by atoms with Crippen LogP contribution in [0.5, 0.6) is 5.75 Å². The SMILES string of the molecule is COc1ccc(S(=O)(=O)n2cc(C)cc2C)cc1. The van der Waals surface area contributed by atoms with Gasteiger partial charge in [0, 0.05) is 11.9 Å². The Kier molecular flexibility index (Phi) is 3.17. The second-order valence-corrected chi connectivity index (χ2v) is 5.95. The summed E-state index contributed by atoms with van der Waals surface area (Å²) >= 11 is 0. The van der Waals surface area contributed by atoms with Crippen LogP contribution in [0.15, 0.2) is 41.4 Å². The number of nitrogens with zero attached hydrogens (tertiary/aromatic N) is 1. The number of rotatable bonds is 3. The van der Waals surface area contributed by atoms with E-state index in [4.69, 9.17) is 4.74 Å². The molecule has 0 amide bonds. The number of hydrogen-bond donors (Lipinski definition) is 0. The largest absolute Gasteiger partial charge is 0.497 e. The maximum absolute atomic E-state index is 12.4. The van der Waals surface area contributed by atoms with Crippen molar-refractivity contribution in [3.63, 3.8) is 0 Å². The van der Waals surface area contributed by atoms with Gasteiger partial charge in [-0.2, -0.15) is 0 Å². The third-order valence-electron chi connectivity index (χ3n) is 2.72. The van der Waals surface area contributed by atoms with Gasteiger partial charge in [-0.1, -0.05) is 0 Å². The Morgan fingerprint density at radius 2 is 1.72 bits per heavy atom. The van der Waals surface area contributed by atoms with Gasteiger partial charge in [0.25, 0.3) is 10.0 Å². The minimum Gasteiger partial charge on any atom is -0.497 e. The van der Waals surface area contributed by atoms with Gasteiger partial charge in [0.15, 0.2) is 0 Å². The van der Waals surface area contributed by atoms with Crippen LogP contribution in [0, 0.1) is 13.8 Å². The van der Waals surface area contributed by atoms with Crippen LogP contribution in [0.25, 0.3) is 0 Å². The molecule has 1 aromatic heterocycles. The first-order chi connectivity index (χ1) is 8.45. The molecule has 18 heavy (non-hydrogen) atoms. The van der Waals surface area contributed by atoms with E-state index in [0.29, 0.717) is 11.4 Å². The van der Waals surface area contributed by atoms with E-state index in [0.717, 1.165) is 5.56 Å². The van der Waals surface area contributed by atoms with Crippen LogP contribution in [0.2, 0.25) is 0 Å². The van der Waals surface area contributed by atoms with Gasteiger partial charge in [-0.3, -0.25) is 0 Å². The number of benzene rings is 1. The van der Waals surface area contributed by atoms with Gasteiger partial charge in [0.05, 0.1) is 12.0 Å². The van der Waals surface area contributed by atoms with Gasteiger partial charge >= 0.3 is 0 Å². The lowest BCUT2D eigenvalue weighted by molar-refractivity contribution is 0.414. The van der Waals surface area contributed by atoms with Gasteiger partial charge in [-0.25, -0.2) is 12.4 Å². The molecule has 5 heteroatoms. The van der Waals surface area contributed by atoms with Crippen molar-refractivity contribution >= 4 is 10.0 Å². The lowest BCUT2D eigenvalue weighted by Gasteiger charge is -2.08. The number of aromatic nitrogens is 1. The van der Waals surface area contributed by atoms with Gasteiger partial charge in [-0.15, -0.1) is 0 Å². The van der Waals surface area contributed by atoms with Gasteiger partial charge in [0.1, 0.15) is 5.75 Å². The molecule has 0 radical (unpaired) electrons. The molecule has 0 N–H and O–H groups in total. The molecule has 2 rings (SSSR count). The van der Waals surface area contributed by atoms with Crippen LogP contribution in [0.3, 0.4) is 0 Å². The van der Waals surface area contributed by atoms with E-state index in [-0.39, 0.29) is 4.90 Å². The minimum absolute atomic E-state index is 0.252. The highest BCUT2D eigenvalue weighted by molar-refractivity contribution is 7.90. The standard InChI is InChI=1S/C13H15NO3S/c1-10-8-11(2)14(9-10)18(15,16)13-6-4-12(17-3)5-7-13/h4-9H,1-3H3. The van der Waals surface area contributed by atoms with Crippen LogP contribution in [0.4, 0.5) is 0 Å². The first kappa shape index (κ1) is 12.7. The van der Waals surface area contributed by atoms with Crippen molar-refractivity contribution in [2.45, 2.75) is 18.7 Å². The third kappa shape index (κ3) is 2.13. The Labute approximate surface area is 107 Å². The Hall–Kier alpha value is -1.75. The topological polar surface area (TPSA) is 48.3 Å². The predicted molar refractivity (Wildman–Crippen MR) is 69.5 cm³/mol. The molecule has 0 saturated carbocycles. The monoisotopic (exact) mass is 265 g/mol. The average molecular weight is 265 g/mol. The van der Waals surface area contributed by atoms with E-state index in [1.165, 1.54) is 3.97 Å². The van der Waals surface area contributed by atoms with Gasteiger partial charge in [-0.05, 0) is 49.7 Å². The van der Waals surface area contributed by atoms with Crippen LogP contribution < -0.4 is 4.74 Å². The summed E-state index contributed by atoms with van der Waals surface area (Å²) in [5, 5.41) is 0. The van der Waals surface area contributed by atoms with Crippen LogP contribution in [-0.4, -0.2) is 19.5 Å². The number of methoxy groups -OCH3 is 1. The van der Waals surface area contributed by atoms with Gasteiger partial charge < -0.3 is 4.74 Å². The van der Waals surface area contributed by atoms with E-state index in [9.17, 15) is 8.42 Å². The van der Waals surface area contributed by atoms with Crippen molar-refractivity contribution in [2.75, 3.05) is 7.11 Å². The number of hydrogen-bond acceptors (Lipinski definition) is 3. The first-order valence-electron chi connectivity index (χ1n) is 5.50. The fraction of sp³-hybridized carbons (Fsp3) is 0.231. The average Bonchev–Trinajstić information content (AvgIpc) is 2.69. The molecular formula is C13H15NO3S. The summed E-state index contributed by atoms with van der Waals surface area (Å²) < 4.78 is 31.1. The fourth-order valence-corrected chi connectivity index (χ4v) is 3.28. The van der Waals surface area contributed by atoms with E-state index in [1.807, 2.05) is 13.0 Å². The Morgan fingerprint density at radius 1 is 1.11 bits per heavy atom. The summed E-state index contributed by atoms with van der Waals surface area (Å²) in [7, 11) is -1.97. The normalized spacial score (nSPS) is 11.5. The second kappa shape index (κ2) is 4.49. The molecule has 0 fully saturated rings. The molecule has 1 aromatic carbocycles. The molecule has 0 atom stereocenters. The molecule has 0 aliphatic heterocycles. The molecular weight excluding hydrogens is 250 g/mol. The van der Waals surface area contributed by atoms with E-state index < -0.39 is 10.0 Å². The zero-order valence-corrected chi connectivity index (χ0v) is 11.4. The van der Waals surface area contributed by atoms with Crippen LogP contribution in [-0.2, 0) is 10.0 Å². The molecule has 96 valence electrons. The maximum atomic E-state index is 12.4. The highest BCUT2D eigenvalue weighted by atomic mass is 32.2. The summed E-state index contributed by atoms with van der Waals surface area (Å²) in [6.07, 6.45) is 1.62. The Morgan fingerprint density at radius 3 is 2.17 bits per heavy atom. The summed E-state index contributed by atoms with van der Waals surface area (Å²) in [5.41, 5.74) is 1.62. The lowest BCUT2D eigenvalue weighted by Crippen LogP contribution is -2.13. The van der Waals surface area contributed by atoms with Crippen LogP contribution in [0.1, 0.15) is 11.3 Å². The highest BCUT2D eigenvalue weighted by Gasteiger charge is 2.18. The third-order valence-corrected chi connectivity index (χ3v) is 4.50. The molecule has 1 heterocycles. The maximum Gasteiger partial charge on any atom is 0.267 e. The minimum atomic E-state index is -3.51. The second-order valence-electron chi connectivity index (χ2n) is 4.14. The Balaban J connectivity index is 2.51. The summed E-state index contributed by atoms with van der Waals surface area (Å²) in [5.74, 6) is 0.634. The molecule has 0 saturated heterocycles. The molecule has 0 unspecified atom stereocenters. The number of ether oxygens (including phenoxy) is 1. The zero-order valence-electron chi connectivity index (χ0n) is 10.5. The lowest BCUT2D eigenvalue weighted by atomic mass is 10.3. The molecule has 0 aliphatic carbocycles. The molecule has 4 nitrogen and oxygen atoms in total. The Bertz CT molecular complexity index is 654. The predicted octanol–water partition coefficient (Wildman–Crippen LogP) is 2.35. The summed E-state index contributed by atoms with van der Waals surface area (Å²) in [6.45, 7) is 3.64. The van der Waals surface area contributed by atoms with Crippen molar-refractivity contribution in [3.05, 3.63) is 47.8 Å². The van der Waals surface area contributed by atoms with E-state index in [2.05, 4.69) is 0 Å². The van der Waals surface area contributed by atoms with Crippen molar-refractivity contribution in [3.8, 4) is 5.75 Å². The highest BCUT2D eigenvalue weighted by Crippen LogP contribution is 2.20. The molecule has 0 aliphatic rings. The summed E-state index contributed by atoms with van der Waals surface area (Å²) in [6, 6.07) is 8.20. The van der Waals surface area contributed by atoms with E-state index >= 15 is 0 Å². The quantitative estimate of drug-likeness (QED) is 0.856. The smallest absolute Gasteiger partial charge is 0.267 e. The van der Waals surface area contributed by atoms with Crippen molar-refractivity contribution in [1.82, 2.24) is 3.97 Å². The van der Waals surface area contributed by atoms with Crippen molar-refractivity contribution < 1.29 is 13.2 Å². The summed E-state index contributed by atoms with van der Waals surface area (Å²) in [4.78, 5) is 0.252. The number of aryl methyl sites for hydroxylation is 2. The van der Waals surface area contributed by atoms with Crippen molar-refractivity contribution in [1.29, 1.82) is 0 Å². The fourth-order valence-electron chi connectivity index (χ4n) is 1.84. The zero-order chi connectivity index (χ0) is 13.3. The molecule has 0 bridgehead atoms. The van der Waals surface area contributed by atoms with Gasteiger partial charge in [0.2, 0.25) is 0 Å². The van der Waals surface area contributed by atoms with Crippen LogP contribution >= 0.6 is 0 Å². The van der Waals surface area contributed by atoms with Crippen molar-refractivity contribution in [2.24, 2.45) is 0 Å². The molecule has 2 aromatic rings. The van der Waals surface area contributed by atoms with E-state index in [1.54, 1.807) is 44.5 Å².